The largest absolute Gasteiger partial charge is 0.0705 e. The van der Waals surface area contributed by atoms with Crippen molar-refractivity contribution in [1.82, 2.24) is 0 Å². The highest BCUT2D eigenvalue weighted by atomic mass is 14.4. The van der Waals surface area contributed by atoms with Crippen molar-refractivity contribution in [3.8, 4) is 0 Å². The molecule has 0 amide bonds. The normalized spacial score (nSPS) is 11.7. The third-order valence-electron chi connectivity index (χ3n) is 4.71. The molecule has 0 aliphatic carbocycles. The number of allylic oxidation sites excluding steroid dienone is 2. The van der Waals surface area contributed by atoms with Crippen LogP contribution >= 0.6 is 0 Å². The SMILES string of the molecule is CCCC(CCC)=C(CC)C(CCC)(CCC)CCC. The Morgan fingerprint density at radius 3 is 1.25 bits per heavy atom. The van der Waals surface area contributed by atoms with E-state index < -0.39 is 0 Å². The van der Waals surface area contributed by atoms with Crippen LogP contribution in [0.25, 0.3) is 0 Å². The molecule has 0 unspecified atom stereocenters. The predicted molar refractivity (Wildman–Crippen MR) is 94.3 cm³/mol. The summed E-state index contributed by atoms with van der Waals surface area (Å²) < 4.78 is 0. The van der Waals surface area contributed by atoms with Crippen molar-refractivity contribution in [3.05, 3.63) is 11.1 Å². The topological polar surface area (TPSA) is 0 Å². The van der Waals surface area contributed by atoms with Gasteiger partial charge in [-0.25, -0.2) is 0 Å². The van der Waals surface area contributed by atoms with Gasteiger partial charge in [-0.15, -0.1) is 0 Å². The second-order valence-electron chi connectivity index (χ2n) is 6.47. The molecule has 0 atom stereocenters. The van der Waals surface area contributed by atoms with Gasteiger partial charge in [-0.2, -0.15) is 0 Å². The average Bonchev–Trinajstić information content (AvgIpc) is 2.41. The van der Waals surface area contributed by atoms with Crippen molar-refractivity contribution in [2.45, 2.75) is 112 Å². The van der Waals surface area contributed by atoms with Crippen LogP contribution in [0.2, 0.25) is 0 Å². The first-order valence-corrected chi connectivity index (χ1v) is 9.36. The summed E-state index contributed by atoms with van der Waals surface area (Å²) in [6.07, 6.45) is 14.7. The molecule has 0 aromatic heterocycles. The van der Waals surface area contributed by atoms with E-state index in [0.29, 0.717) is 5.41 Å². The highest BCUT2D eigenvalue weighted by Gasteiger charge is 2.32. The van der Waals surface area contributed by atoms with Crippen LogP contribution < -0.4 is 0 Å². The van der Waals surface area contributed by atoms with E-state index in [0.717, 1.165) is 0 Å². The van der Waals surface area contributed by atoms with E-state index in [1.165, 1.54) is 70.6 Å². The maximum Gasteiger partial charge on any atom is -0.00858 e. The molecule has 0 aromatic carbocycles. The molecule has 20 heavy (non-hydrogen) atoms. The second-order valence-corrected chi connectivity index (χ2v) is 6.47. The van der Waals surface area contributed by atoms with E-state index in [1.807, 2.05) is 11.1 Å². The lowest BCUT2D eigenvalue weighted by Crippen LogP contribution is -2.25. The van der Waals surface area contributed by atoms with Crippen LogP contribution in [-0.2, 0) is 0 Å². The molecule has 0 aliphatic rings. The minimum Gasteiger partial charge on any atom is -0.0705 e. The van der Waals surface area contributed by atoms with Crippen LogP contribution in [0.5, 0.6) is 0 Å². The molecule has 0 fully saturated rings. The van der Waals surface area contributed by atoms with Gasteiger partial charge >= 0.3 is 0 Å². The zero-order chi connectivity index (χ0) is 15.4. The van der Waals surface area contributed by atoms with Gasteiger partial charge in [0.25, 0.3) is 0 Å². The lowest BCUT2D eigenvalue weighted by molar-refractivity contribution is 0.257. The Hall–Kier alpha value is -0.260. The second kappa shape index (κ2) is 11.4. The molecule has 0 bridgehead atoms. The maximum absolute atomic E-state index is 2.40. The van der Waals surface area contributed by atoms with Gasteiger partial charge in [-0.1, -0.05) is 84.8 Å². The van der Waals surface area contributed by atoms with Crippen LogP contribution in [-0.4, -0.2) is 0 Å². The van der Waals surface area contributed by atoms with E-state index in [4.69, 9.17) is 0 Å². The molecule has 0 saturated carbocycles. The van der Waals surface area contributed by atoms with Gasteiger partial charge < -0.3 is 0 Å². The molecule has 0 N–H and O–H groups in total. The zero-order valence-corrected chi connectivity index (χ0v) is 15.3. The van der Waals surface area contributed by atoms with E-state index in [-0.39, 0.29) is 0 Å². The lowest BCUT2D eigenvalue weighted by atomic mass is 9.67. The Bertz CT molecular complexity index is 234. The van der Waals surface area contributed by atoms with Gasteiger partial charge in [-0.05, 0) is 43.9 Å². The third-order valence-corrected chi connectivity index (χ3v) is 4.71. The molecule has 0 aromatic rings. The van der Waals surface area contributed by atoms with E-state index in [9.17, 15) is 0 Å². The number of hydrogen-bond donors (Lipinski definition) is 0. The molecule has 0 saturated heterocycles. The van der Waals surface area contributed by atoms with Gasteiger partial charge in [0.05, 0.1) is 0 Å². The molecule has 0 nitrogen and oxygen atoms in total. The molecule has 0 rings (SSSR count). The van der Waals surface area contributed by atoms with Crippen molar-refractivity contribution in [2.75, 3.05) is 0 Å². The van der Waals surface area contributed by atoms with Crippen LogP contribution in [0.3, 0.4) is 0 Å². The lowest BCUT2D eigenvalue weighted by Gasteiger charge is -2.38. The predicted octanol–water partition coefficient (Wildman–Crippen LogP) is 7.68. The summed E-state index contributed by atoms with van der Waals surface area (Å²) in [5.74, 6) is 0. The van der Waals surface area contributed by atoms with Crippen LogP contribution in [0.15, 0.2) is 11.1 Å². The Labute approximate surface area is 129 Å². The van der Waals surface area contributed by atoms with Gasteiger partial charge in [0, 0.05) is 0 Å². The van der Waals surface area contributed by atoms with Crippen LogP contribution in [0.4, 0.5) is 0 Å². The molecule has 0 spiro atoms. The Morgan fingerprint density at radius 2 is 1.00 bits per heavy atom. The molecule has 0 aliphatic heterocycles. The average molecular weight is 281 g/mol. The molecule has 0 heterocycles. The summed E-state index contributed by atoms with van der Waals surface area (Å²) in [7, 11) is 0. The number of hydrogen-bond acceptors (Lipinski definition) is 0. The molecule has 0 radical (unpaired) electrons. The monoisotopic (exact) mass is 280 g/mol. The summed E-state index contributed by atoms with van der Waals surface area (Å²) in [6.45, 7) is 14.2. The Kier molecular flexibility index (Phi) is 11.3. The highest BCUT2D eigenvalue weighted by Crippen LogP contribution is 2.46. The van der Waals surface area contributed by atoms with Gasteiger partial charge in [0.2, 0.25) is 0 Å². The first-order chi connectivity index (χ1) is 9.65. The Balaban J connectivity index is 5.65. The molecule has 120 valence electrons. The minimum absolute atomic E-state index is 0.521. The van der Waals surface area contributed by atoms with Crippen molar-refractivity contribution in [3.63, 3.8) is 0 Å². The van der Waals surface area contributed by atoms with Crippen molar-refractivity contribution in [2.24, 2.45) is 5.41 Å². The summed E-state index contributed by atoms with van der Waals surface area (Å²) >= 11 is 0. The first-order valence-electron chi connectivity index (χ1n) is 9.36. The fourth-order valence-electron chi connectivity index (χ4n) is 4.29. The summed E-state index contributed by atoms with van der Waals surface area (Å²) in [5.41, 5.74) is 4.19. The molecule has 0 heteroatoms. The van der Waals surface area contributed by atoms with Crippen molar-refractivity contribution in [1.29, 1.82) is 0 Å². The minimum atomic E-state index is 0.521. The fourth-order valence-corrected chi connectivity index (χ4v) is 4.29. The number of rotatable bonds is 12. The van der Waals surface area contributed by atoms with E-state index >= 15 is 0 Å². The maximum atomic E-state index is 2.40. The summed E-state index contributed by atoms with van der Waals surface area (Å²) in [4.78, 5) is 0. The highest BCUT2D eigenvalue weighted by molar-refractivity contribution is 5.23. The fraction of sp³-hybridized carbons (Fsp3) is 0.900. The quantitative estimate of drug-likeness (QED) is 0.321. The van der Waals surface area contributed by atoms with Crippen molar-refractivity contribution >= 4 is 0 Å². The van der Waals surface area contributed by atoms with Gasteiger partial charge in [0.1, 0.15) is 0 Å². The van der Waals surface area contributed by atoms with E-state index in [1.54, 1.807) is 0 Å². The summed E-state index contributed by atoms with van der Waals surface area (Å²) in [6, 6.07) is 0. The van der Waals surface area contributed by atoms with E-state index in [2.05, 4.69) is 41.5 Å². The zero-order valence-electron chi connectivity index (χ0n) is 15.3. The van der Waals surface area contributed by atoms with Crippen molar-refractivity contribution < 1.29 is 0 Å². The Morgan fingerprint density at radius 1 is 0.600 bits per heavy atom. The molecular formula is C20H40. The smallest absolute Gasteiger partial charge is 0.00858 e. The first kappa shape index (κ1) is 19.7. The summed E-state index contributed by atoms with van der Waals surface area (Å²) in [5, 5.41) is 0. The van der Waals surface area contributed by atoms with Gasteiger partial charge in [-0.3, -0.25) is 0 Å². The molecular weight excluding hydrogens is 240 g/mol. The van der Waals surface area contributed by atoms with Crippen LogP contribution in [0, 0.1) is 5.41 Å². The third kappa shape index (κ3) is 5.62. The van der Waals surface area contributed by atoms with Gasteiger partial charge in [0.15, 0.2) is 0 Å². The standard InChI is InChI=1S/C20H40/c1-7-13-18(14-8-2)19(12-6)20(15-9-3,16-10-4)17-11-5/h7-17H2,1-6H3. The van der Waals surface area contributed by atoms with Crippen LogP contribution in [0.1, 0.15) is 112 Å².